The third-order valence-corrected chi connectivity index (χ3v) is 4.34. The Kier molecular flexibility index (Phi) is 2.86. The summed E-state index contributed by atoms with van der Waals surface area (Å²) in [7, 11) is 0. The van der Waals surface area contributed by atoms with Crippen LogP contribution >= 0.6 is 0 Å². The van der Waals surface area contributed by atoms with Gasteiger partial charge in [0.05, 0.1) is 11.5 Å². The van der Waals surface area contributed by atoms with Gasteiger partial charge in [0.1, 0.15) is 0 Å². The quantitative estimate of drug-likeness (QED) is 0.861. The van der Waals surface area contributed by atoms with Crippen molar-refractivity contribution >= 4 is 5.91 Å². The van der Waals surface area contributed by atoms with Crippen LogP contribution in [0.15, 0.2) is 30.3 Å². The SMILES string of the molecule is O=C(N1CC(O)C1)C1(c2ccccc2)CCCC1. The highest BCUT2D eigenvalue weighted by Gasteiger charge is 2.47. The molecule has 1 aliphatic heterocycles. The molecule has 3 heteroatoms. The minimum absolute atomic E-state index is 0.219. The number of aliphatic hydroxyl groups is 1. The summed E-state index contributed by atoms with van der Waals surface area (Å²) in [6.45, 7) is 1.01. The Bertz CT molecular complexity index is 431. The fourth-order valence-electron chi connectivity index (χ4n) is 3.29. The maximum atomic E-state index is 12.7. The Morgan fingerprint density at radius 2 is 1.78 bits per heavy atom. The molecule has 18 heavy (non-hydrogen) atoms. The average Bonchev–Trinajstić information content (AvgIpc) is 2.86. The van der Waals surface area contributed by atoms with Gasteiger partial charge in [0.15, 0.2) is 0 Å². The Hall–Kier alpha value is -1.35. The molecule has 0 atom stereocenters. The molecule has 2 aliphatic rings. The van der Waals surface area contributed by atoms with E-state index in [0.717, 1.165) is 31.2 Å². The standard InChI is InChI=1S/C15H19NO2/c17-13-10-16(11-13)14(18)15(8-4-5-9-15)12-6-2-1-3-7-12/h1-3,6-7,13,17H,4-5,8-11H2. The first-order chi connectivity index (χ1) is 8.72. The van der Waals surface area contributed by atoms with E-state index in [1.807, 2.05) is 23.1 Å². The van der Waals surface area contributed by atoms with E-state index in [0.29, 0.717) is 13.1 Å². The third kappa shape index (κ3) is 1.74. The molecule has 0 aromatic heterocycles. The smallest absolute Gasteiger partial charge is 0.233 e. The van der Waals surface area contributed by atoms with Crippen LogP contribution in [-0.4, -0.2) is 35.1 Å². The molecule has 1 heterocycles. The van der Waals surface area contributed by atoms with Crippen molar-refractivity contribution in [3.63, 3.8) is 0 Å². The molecule has 1 aliphatic carbocycles. The fourth-order valence-corrected chi connectivity index (χ4v) is 3.29. The summed E-state index contributed by atoms with van der Waals surface area (Å²) < 4.78 is 0. The van der Waals surface area contributed by atoms with Gasteiger partial charge in [-0.05, 0) is 18.4 Å². The zero-order valence-corrected chi connectivity index (χ0v) is 10.5. The second-order valence-electron chi connectivity index (χ2n) is 5.52. The van der Waals surface area contributed by atoms with Gasteiger partial charge in [0, 0.05) is 13.1 Å². The Labute approximate surface area is 107 Å². The van der Waals surface area contributed by atoms with Crippen molar-refractivity contribution in [1.82, 2.24) is 4.90 Å². The van der Waals surface area contributed by atoms with E-state index in [4.69, 9.17) is 0 Å². The number of hydrogen-bond donors (Lipinski definition) is 1. The summed E-state index contributed by atoms with van der Waals surface area (Å²) in [5.74, 6) is 0.219. The van der Waals surface area contributed by atoms with Crippen LogP contribution in [0.1, 0.15) is 31.2 Å². The van der Waals surface area contributed by atoms with E-state index in [-0.39, 0.29) is 17.4 Å². The molecule has 1 aromatic carbocycles. The van der Waals surface area contributed by atoms with Crippen LogP contribution in [0.2, 0.25) is 0 Å². The van der Waals surface area contributed by atoms with E-state index < -0.39 is 0 Å². The van der Waals surface area contributed by atoms with Crippen LogP contribution in [0.25, 0.3) is 0 Å². The lowest BCUT2D eigenvalue weighted by Gasteiger charge is -2.42. The Balaban J connectivity index is 1.90. The summed E-state index contributed by atoms with van der Waals surface area (Å²) in [5, 5.41) is 9.37. The molecular weight excluding hydrogens is 226 g/mol. The van der Waals surface area contributed by atoms with Crippen molar-refractivity contribution in [3.8, 4) is 0 Å². The molecule has 3 nitrogen and oxygen atoms in total. The number of aliphatic hydroxyl groups excluding tert-OH is 1. The molecule has 0 bridgehead atoms. The molecule has 0 unspecified atom stereocenters. The number of amides is 1. The van der Waals surface area contributed by atoms with E-state index >= 15 is 0 Å². The first kappa shape index (κ1) is 11.7. The molecule has 96 valence electrons. The number of benzene rings is 1. The third-order valence-electron chi connectivity index (χ3n) is 4.34. The monoisotopic (exact) mass is 245 g/mol. The highest BCUT2D eigenvalue weighted by atomic mass is 16.3. The largest absolute Gasteiger partial charge is 0.389 e. The van der Waals surface area contributed by atoms with Gasteiger partial charge < -0.3 is 10.0 Å². The summed E-state index contributed by atoms with van der Waals surface area (Å²) in [6.07, 6.45) is 3.82. The molecule has 1 amide bonds. The predicted octanol–water partition coefficient (Wildman–Crippen LogP) is 1.70. The van der Waals surface area contributed by atoms with Crippen LogP contribution < -0.4 is 0 Å². The summed E-state index contributed by atoms with van der Waals surface area (Å²) in [4.78, 5) is 14.5. The number of hydrogen-bond acceptors (Lipinski definition) is 2. The van der Waals surface area contributed by atoms with Gasteiger partial charge in [-0.3, -0.25) is 4.79 Å². The van der Waals surface area contributed by atoms with Crippen molar-refractivity contribution in [1.29, 1.82) is 0 Å². The summed E-state index contributed by atoms with van der Waals surface area (Å²) in [5.41, 5.74) is 0.829. The van der Waals surface area contributed by atoms with Crippen LogP contribution in [0.3, 0.4) is 0 Å². The van der Waals surface area contributed by atoms with Crippen molar-refractivity contribution < 1.29 is 9.90 Å². The predicted molar refractivity (Wildman–Crippen MR) is 69.2 cm³/mol. The number of carbonyl (C=O) groups excluding carboxylic acids is 1. The van der Waals surface area contributed by atoms with Crippen molar-refractivity contribution in [2.75, 3.05) is 13.1 Å². The molecule has 0 spiro atoms. The molecule has 1 saturated heterocycles. The molecule has 1 N–H and O–H groups in total. The van der Waals surface area contributed by atoms with Gasteiger partial charge in [-0.25, -0.2) is 0 Å². The number of β-amino-alcohol motifs (C(OH)–C–C–N with tert-alkyl or cyclic N) is 1. The van der Waals surface area contributed by atoms with Crippen molar-refractivity contribution in [2.24, 2.45) is 0 Å². The maximum absolute atomic E-state index is 12.7. The Morgan fingerprint density at radius 1 is 1.17 bits per heavy atom. The van der Waals surface area contributed by atoms with Crippen LogP contribution in [-0.2, 0) is 10.2 Å². The number of carbonyl (C=O) groups is 1. The van der Waals surface area contributed by atoms with E-state index in [9.17, 15) is 9.90 Å². The topological polar surface area (TPSA) is 40.5 Å². The van der Waals surface area contributed by atoms with Gasteiger partial charge in [0.25, 0.3) is 0 Å². The lowest BCUT2D eigenvalue weighted by atomic mass is 9.77. The van der Waals surface area contributed by atoms with Crippen molar-refractivity contribution in [2.45, 2.75) is 37.2 Å². The zero-order valence-electron chi connectivity index (χ0n) is 10.5. The van der Waals surface area contributed by atoms with Gasteiger partial charge in [0.2, 0.25) is 5.91 Å². The lowest BCUT2D eigenvalue weighted by molar-refractivity contribution is -0.147. The molecule has 3 rings (SSSR count). The molecular formula is C15H19NO2. The fraction of sp³-hybridized carbons (Fsp3) is 0.533. The van der Waals surface area contributed by atoms with Gasteiger partial charge in [-0.2, -0.15) is 0 Å². The highest BCUT2D eigenvalue weighted by Crippen LogP contribution is 2.43. The van der Waals surface area contributed by atoms with Gasteiger partial charge >= 0.3 is 0 Å². The second-order valence-corrected chi connectivity index (χ2v) is 5.52. The minimum atomic E-state index is -0.318. The lowest BCUT2D eigenvalue weighted by Crippen LogP contribution is -2.58. The summed E-state index contributed by atoms with van der Waals surface area (Å²) >= 11 is 0. The normalized spacial score (nSPS) is 22.8. The van der Waals surface area contributed by atoms with Crippen LogP contribution in [0.4, 0.5) is 0 Å². The minimum Gasteiger partial charge on any atom is -0.389 e. The van der Waals surface area contributed by atoms with Crippen molar-refractivity contribution in [3.05, 3.63) is 35.9 Å². The first-order valence-corrected chi connectivity index (χ1v) is 6.75. The average molecular weight is 245 g/mol. The number of nitrogens with zero attached hydrogens (tertiary/aromatic N) is 1. The first-order valence-electron chi connectivity index (χ1n) is 6.75. The van der Waals surface area contributed by atoms with Gasteiger partial charge in [-0.15, -0.1) is 0 Å². The molecule has 1 saturated carbocycles. The van der Waals surface area contributed by atoms with Gasteiger partial charge in [-0.1, -0.05) is 43.2 Å². The summed E-state index contributed by atoms with van der Waals surface area (Å²) in [6, 6.07) is 10.1. The highest BCUT2D eigenvalue weighted by molar-refractivity contribution is 5.89. The van der Waals surface area contributed by atoms with E-state index in [1.54, 1.807) is 0 Å². The molecule has 1 aromatic rings. The molecule has 0 radical (unpaired) electrons. The van der Waals surface area contributed by atoms with Crippen LogP contribution in [0, 0.1) is 0 Å². The Morgan fingerprint density at radius 3 is 2.33 bits per heavy atom. The number of rotatable bonds is 2. The number of likely N-dealkylation sites (tertiary alicyclic amines) is 1. The van der Waals surface area contributed by atoms with E-state index in [1.165, 1.54) is 0 Å². The zero-order chi connectivity index (χ0) is 12.6. The second kappa shape index (κ2) is 4.39. The maximum Gasteiger partial charge on any atom is 0.233 e. The molecule has 2 fully saturated rings. The van der Waals surface area contributed by atoms with E-state index in [2.05, 4.69) is 12.1 Å². The van der Waals surface area contributed by atoms with Crippen LogP contribution in [0.5, 0.6) is 0 Å².